The zero-order valence-corrected chi connectivity index (χ0v) is 8.42. The summed E-state index contributed by atoms with van der Waals surface area (Å²) in [5.41, 5.74) is 1.18. The van der Waals surface area contributed by atoms with Crippen molar-refractivity contribution in [3.8, 4) is 0 Å². The third kappa shape index (κ3) is 0.734. The number of hydrogen-bond donors (Lipinski definition) is 0. The quantitative estimate of drug-likeness (QED) is 0.491. The fraction of sp³-hybridized carbons (Fsp3) is 0.692. The number of rotatable bonds is 0. The van der Waals surface area contributed by atoms with Crippen molar-refractivity contribution in [2.24, 2.45) is 16.7 Å². The Kier molecular flexibility index (Phi) is 1.38. The van der Waals surface area contributed by atoms with Crippen LogP contribution in [0.15, 0.2) is 24.3 Å². The van der Waals surface area contributed by atoms with Crippen LogP contribution in [0.5, 0.6) is 0 Å². The van der Waals surface area contributed by atoms with E-state index in [0.717, 1.165) is 5.92 Å². The van der Waals surface area contributed by atoms with Crippen LogP contribution in [0.25, 0.3) is 0 Å². The fourth-order valence-corrected chi connectivity index (χ4v) is 3.89. The average Bonchev–Trinajstić information content (AvgIpc) is 2.11. The van der Waals surface area contributed by atoms with Gasteiger partial charge in [-0.15, -0.1) is 0 Å². The molecule has 0 amide bonds. The molecule has 3 atom stereocenters. The van der Waals surface area contributed by atoms with Gasteiger partial charge in [0.2, 0.25) is 0 Å². The predicted molar refractivity (Wildman–Crippen MR) is 55.4 cm³/mol. The van der Waals surface area contributed by atoms with Crippen LogP contribution >= 0.6 is 0 Å². The molecule has 70 valence electrons. The molecule has 1 fully saturated rings. The maximum absolute atomic E-state index is 2.51. The van der Waals surface area contributed by atoms with E-state index < -0.39 is 0 Å². The molecule has 0 aromatic carbocycles. The maximum atomic E-state index is 2.51. The van der Waals surface area contributed by atoms with Gasteiger partial charge in [0.25, 0.3) is 0 Å². The summed E-state index contributed by atoms with van der Waals surface area (Å²) in [4.78, 5) is 0. The van der Waals surface area contributed by atoms with Crippen molar-refractivity contribution in [3.05, 3.63) is 24.3 Å². The lowest BCUT2D eigenvalue weighted by Gasteiger charge is -2.61. The highest BCUT2D eigenvalue weighted by Crippen LogP contribution is 2.66. The first kappa shape index (κ1) is 7.84. The molecular weight excluding hydrogens is 156 g/mol. The lowest BCUT2D eigenvalue weighted by atomic mass is 9.43. The predicted octanol–water partition coefficient (Wildman–Crippen LogP) is 3.70. The normalized spacial score (nSPS) is 52.2. The molecule has 0 spiro atoms. The van der Waals surface area contributed by atoms with E-state index in [2.05, 4.69) is 31.2 Å². The van der Waals surface area contributed by atoms with Gasteiger partial charge in [-0.2, -0.15) is 0 Å². The molecule has 0 heterocycles. The molecule has 3 aliphatic rings. The highest BCUT2D eigenvalue weighted by atomic mass is 14.6. The molecular formula is C13H18. The largest absolute Gasteiger partial charge is 0.0873 e. The first-order chi connectivity index (χ1) is 6.29. The van der Waals surface area contributed by atoms with Gasteiger partial charge in [0.05, 0.1) is 0 Å². The summed E-state index contributed by atoms with van der Waals surface area (Å²) < 4.78 is 0. The molecule has 3 rings (SSSR count). The Labute approximate surface area is 80.7 Å². The van der Waals surface area contributed by atoms with Crippen LogP contribution in [0.3, 0.4) is 0 Å². The van der Waals surface area contributed by atoms with Crippen molar-refractivity contribution in [3.63, 3.8) is 0 Å². The van der Waals surface area contributed by atoms with E-state index in [1.807, 2.05) is 0 Å². The zero-order valence-electron chi connectivity index (χ0n) is 8.42. The van der Waals surface area contributed by atoms with E-state index in [9.17, 15) is 0 Å². The van der Waals surface area contributed by atoms with Crippen molar-refractivity contribution in [1.82, 2.24) is 0 Å². The third-order valence-corrected chi connectivity index (χ3v) is 4.81. The zero-order chi connectivity index (χ0) is 8.94. The second kappa shape index (κ2) is 2.29. The van der Waals surface area contributed by atoms with Crippen molar-refractivity contribution >= 4 is 0 Å². The summed E-state index contributed by atoms with van der Waals surface area (Å²) in [6.45, 7) is 2.40. The molecule has 0 saturated heterocycles. The first-order valence-corrected chi connectivity index (χ1v) is 5.66. The van der Waals surface area contributed by atoms with E-state index in [1.54, 1.807) is 0 Å². The molecule has 1 saturated carbocycles. The highest BCUT2D eigenvalue weighted by molar-refractivity contribution is 5.34. The second-order valence-electron chi connectivity index (χ2n) is 5.16. The van der Waals surface area contributed by atoms with Gasteiger partial charge in [0, 0.05) is 10.8 Å². The van der Waals surface area contributed by atoms with Crippen LogP contribution < -0.4 is 0 Å². The minimum absolute atomic E-state index is 0.583. The summed E-state index contributed by atoms with van der Waals surface area (Å²) in [5, 5.41) is 0. The lowest BCUT2D eigenvalue weighted by Crippen LogP contribution is -2.52. The summed E-state index contributed by atoms with van der Waals surface area (Å²) in [5.74, 6) is 0.784. The molecule has 0 nitrogen and oxygen atoms in total. The molecule has 0 unspecified atom stereocenters. The van der Waals surface area contributed by atoms with E-state index >= 15 is 0 Å². The average molecular weight is 174 g/mol. The summed E-state index contributed by atoms with van der Waals surface area (Å²) >= 11 is 0. The van der Waals surface area contributed by atoms with Gasteiger partial charge in [-0.25, -0.2) is 0 Å². The van der Waals surface area contributed by atoms with E-state index in [4.69, 9.17) is 0 Å². The van der Waals surface area contributed by atoms with Crippen molar-refractivity contribution in [1.29, 1.82) is 0 Å². The van der Waals surface area contributed by atoms with Crippen LogP contribution in [-0.2, 0) is 0 Å². The van der Waals surface area contributed by atoms with Crippen LogP contribution in [-0.4, -0.2) is 0 Å². The first-order valence-electron chi connectivity index (χ1n) is 5.66. The lowest BCUT2D eigenvalue weighted by molar-refractivity contribution is 0.00167. The van der Waals surface area contributed by atoms with Crippen LogP contribution in [0.4, 0.5) is 0 Å². The van der Waals surface area contributed by atoms with Gasteiger partial charge in [-0.1, -0.05) is 44.1 Å². The molecule has 0 aromatic heterocycles. The summed E-state index contributed by atoms with van der Waals surface area (Å²) in [6, 6.07) is 0. The Hall–Kier alpha value is -0.520. The third-order valence-electron chi connectivity index (χ3n) is 4.81. The fourth-order valence-electron chi connectivity index (χ4n) is 3.89. The summed E-state index contributed by atoms with van der Waals surface area (Å²) in [7, 11) is 0. The van der Waals surface area contributed by atoms with Gasteiger partial charge in [0.1, 0.15) is 0 Å². The maximum Gasteiger partial charge on any atom is 0.00359 e. The molecule has 0 heteroatoms. The van der Waals surface area contributed by atoms with E-state index in [-0.39, 0.29) is 0 Å². The second-order valence-corrected chi connectivity index (χ2v) is 5.16. The Morgan fingerprint density at radius 2 is 2.00 bits per heavy atom. The summed E-state index contributed by atoms with van der Waals surface area (Å²) in [6.07, 6.45) is 17.0. The van der Waals surface area contributed by atoms with Crippen LogP contribution in [0, 0.1) is 16.7 Å². The van der Waals surface area contributed by atoms with Gasteiger partial charge >= 0.3 is 0 Å². The smallest absolute Gasteiger partial charge is 0.00359 e. The van der Waals surface area contributed by atoms with Crippen LogP contribution in [0.1, 0.15) is 39.0 Å². The molecule has 0 aliphatic heterocycles. The number of hydrogen-bond acceptors (Lipinski definition) is 0. The number of allylic oxidation sites excluding steroid dienone is 4. The highest BCUT2D eigenvalue weighted by Gasteiger charge is 2.57. The minimum Gasteiger partial charge on any atom is -0.0873 e. The van der Waals surface area contributed by atoms with Crippen molar-refractivity contribution < 1.29 is 0 Å². The molecule has 0 N–H and O–H groups in total. The van der Waals surface area contributed by atoms with Gasteiger partial charge in [-0.05, 0) is 25.2 Å². The minimum atomic E-state index is 0.583. The monoisotopic (exact) mass is 174 g/mol. The van der Waals surface area contributed by atoms with E-state index in [0.29, 0.717) is 10.8 Å². The molecule has 13 heavy (non-hydrogen) atoms. The van der Waals surface area contributed by atoms with Gasteiger partial charge < -0.3 is 0 Å². The Morgan fingerprint density at radius 1 is 1.15 bits per heavy atom. The Balaban J connectivity index is 2.07. The van der Waals surface area contributed by atoms with Crippen molar-refractivity contribution in [2.75, 3.05) is 0 Å². The Bertz CT molecular complexity index is 286. The van der Waals surface area contributed by atoms with Crippen molar-refractivity contribution in [2.45, 2.75) is 39.0 Å². The molecule has 0 radical (unpaired) electrons. The van der Waals surface area contributed by atoms with Crippen LogP contribution in [0.2, 0.25) is 0 Å². The van der Waals surface area contributed by atoms with E-state index in [1.165, 1.54) is 32.1 Å². The SMILES string of the molecule is C[C@@H]1C=CC[C@@]23C=C[C@@]12CCCC3. The van der Waals surface area contributed by atoms with Gasteiger partial charge in [-0.3, -0.25) is 0 Å². The molecule has 0 bridgehead atoms. The van der Waals surface area contributed by atoms with Gasteiger partial charge in [0.15, 0.2) is 0 Å². The molecule has 0 aromatic rings. The standard InChI is InChI=1S/C13H18/c1-11-5-4-7-12-6-2-3-8-13(11,12)10-9-12/h4-5,9-11H,2-3,6-8H2,1H3/t11-,12+,13+/m1/s1. The Morgan fingerprint density at radius 3 is 2.69 bits per heavy atom. The topological polar surface area (TPSA) is 0 Å². The molecule has 3 aliphatic carbocycles.